The number of likely N-dealkylation sites (tertiary alicyclic amines) is 1. The van der Waals surface area contributed by atoms with E-state index in [1.54, 1.807) is 6.20 Å². The highest BCUT2D eigenvalue weighted by Gasteiger charge is 2.42. The predicted molar refractivity (Wildman–Crippen MR) is 82.5 cm³/mol. The second-order valence-corrected chi connectivity index (χ2v) is 7.39. The van der Waals surface area contributed by atoms with E-state index in [-0.39, 0.29) is 24.8 Å². The molecule has 2 N–H and O–H groups in total. The molecule has 0 aliphatic carbocycles. The quantitative estimate of drug-likeness (QED) is 0.891. The van der Waals surface area contributed by atoms with Crippen LogP contribution in [0.25, 0.3) is 0 Å². The summed E-state index contributed by atoms with van der Waals surface area (Å²) in [5.41, 5.74) is 1.93. The molecule has 1 aliphatic heterocycles. The van der Waals surface area contributed by atoms with Crippen molar-refractivity contribution < 1.29 is 18.7 Å². The number of carboxylic acids is 1. The number of hydrogen-bond donors (Lipinski definition) is 2. The number of carboxylic acid groups (broad SMARTS) is 1. The third-order valence-electron chi connectivity index (χ3n) is 4.44. The number of aromatic nitrogens is 2. The number of carbonyl (C=O) groups is 1. The van der Waals surface area contributed by atoms with E-state index in [1.807, 2.05) is 4.90 Å². The monoisotopic (exact) mass is 329 g/mol. The van der Waals surface area contributed by atoms with Gasteiger partial charge in [-0.05, 0) is 13.0 Å². The molecule has 0 aromatic carbocycles. The predicted octanol–water partition coefficient (Wildman–Crippen LogP) is 3.03. The lowest BCUT2D eigenvalue weighted by molar-refractivity contribution is -0.143. The van der Waals surface area contributed by atoms with Crippen molar-refractivity contribution in [2.45, 2.75) is 57.9 Å². The van der Waals surface area contributed by atoms with Crippen LogP contribution in [0.4, 0.5) is 8.78 Å². The van der Waals surface area contributed by atoms with Gasteiger partial charge in [0.15, 0.2) is 0 Å². The third kappa shape index (κ3) is 4.50. The molecule has 2 rings (SSSR count). The Morgan fingerprint density at radius 2 is 2.17 bits per heavy atom. The summed E-state index contributed by atoms with van der Waals surface area (Å²) in [5.74, 6) is -5.17. The fourth-order valence-corrected chi connectivity index (χ4v) is 3.11. The summed E-state index contributed by atoms with van der Waals surface area (Å²) in [6, 6.07) is 0. The van der Waals surface area contributed by atoms with Gasteiger partial charge in [0.2, 0.25) is 0 Å². The smallest absolute Gasteiger partial charge is 0.303 e. The number of H-pyrrole nitrogens is 1. The lowest BCUT2D eigenvalue weighted by atomic mass is 9.89. The molecule has 23 heavy (non-hydrogen) atoms. The van der Waals surface area contributed by atoms with Gasteiger partial charge in [0, 0.05) is 42.1 Å². The number of rotatable bonds is 4. The number of halogens is 2. The first kappa shape index (κ1) is 17.8. The van der Waals surface area contributed by atoms with E-state index >= 15 is 0 Å². The average Bonchev–Trinajstić information content (AvgIpc) is 2.82. The molecule has 1 fully saturated rings. The summed E-state index contributed by atoms with van der Waals surface area (Å²) >= 11 is 0. The van der Waals surface area contributed by atoms with Gasteiger partial charge < -0.3 is 5.11 Å². The van der Waals surface area contributed by atoms with Gasteiger partial charge in [0.25, 0.3) is 5.92 Å². The largest absolute Gasteiger partial charge is 0.481 e. The van der Waals surface area contributed by atoms with Crippen LogP contribution >= 0.6 is 0 Å². The van der Waals surface area contributed by atoms with E-state index < -0.39 is 24.2 Å². The van der Waals surface area contributed by atoms with Gasteiger partial charge in [-0.25, -0.2) is 8.78 Å². The summed E-state index contributed by atoms with van der Waals surface area (Å²) in [4.78, 5) is 12.8. The Morgan fingerprint density at radius 1 is 1.48 bits per heavy atom. The summed E-state index contributed by atoms with van der Waals surface area (Å²) in [5, 5.41) is 15.9. The fraction of sp³-hybridized carbons (Fsp3) is 0.750. The maximum absolute atomic E-state index is 14.1. The second kappa shape index (κ2) is 6.55. The van der Waals surface area contributed by atoms with Crippen molar-refractivity contribution in [2.24, 2.45) is 5.92 Å². The Morgan fingerprint density at radius 3 is 2.78 bits per heavy atom. The zero-order valence-corrected chi connectivity index (χ0v) is 13.9. The van der Waals surface area contributed by atoms with Crippen LogP contribution in [-0.4, -0.2) is 45.2 Å². The molecule has 0 saturated carbocycles. The van der Waals surface area contributed by atoms with Crippen LogP contribution in [0.5, 0.6) is 0 Å². The number of nitrogens with one attached hydrogen (secondary N) is 1. The van der Waals surface area contributed by atoms with Crippen LogP contribution in [0.15, 0.2) is 6.20 Å². The molecule has 5 nitrogen and oxygen atoms in total. The SMILES string of the molecule is CC(C)(C)c1[nH]ncc1CN1CCC(CC(=O)O)C(F)(F)CC1. The zero-order chi connectivity index (χ0) is 17.3. The Bertz CT molecular complexity index is 552. The van der Waals surface area contributed by atoms with Crippen LogP contribution in [0.3, 0.4) is 0 Å². The second-order valence-electron chi connectivity index (χ2n) is 7.39. The molecule has 0 spiro atoms. The first-order chi connectivity index (χ1) is 10.6. The lowest BCUT2D eigenvalue weighted by Gasteiger charge is -2.23. The molecule has 7 heteroatoms. The summed E-state index contributed by atoms with van der Waals surface area (Å²) in [6.45, 7) is 7.51. The topological polar surface area (TPSA) is 69.2 Å². The molecule has 1 aliphatic rings. The molecule has 1 atom stereocenters. The molecular weight excluding hydrogens is 304 g/mol. The number of alkyl halides is 2. The Hall–Kier alpha value is -1.50. The van der Waals surface area contributed by atoms with Crippen molar-refractivity contribution in [2.75, 3.05) is 13.1 Å². The van der Waals surface area contributed by atoms with Crippen LogP contribution in [0.2, 0.25) is 0 Å². The van der Waals surface area contributed by atoms with Gasteiger partial charge >= 0.3 is 5.97 Å². The van der Waals surface area contributed by atoms with Gasteiger partial charge in [-0.3, -0.25) is 14.8 Å². The third-order valence-corrected chi connectivity index (χ3v) is 4.44. The molecule has 0 amide bonds. The summed E-state index contributed by atoms with van der Waals surface area (Å²) in [7, 11) is 0. The van der Waals surface area contributed by atoms with Gasteiger partial charge in [-0.2, -0.15) is 5.10 Å². The minimum absolute atomic E-state index is 0.0898. The molecule has 1 unspecified atom stereocenters. The zero-order valence-electron chi connectivity index (χ0n) is 13.9. The van der Waals surface area contributed by atoms with E-state index in [9.17, 15) is 13.6 Å². The Balaban J connectivity index is 2.06. The van der Waals surface area contributed by atoms with Crippen molar-refractivity contribution in [1.82, 2.24) is 15.1 Å². The van der Waals surface area contributed by atoms with E-state index in [0.29, 0.717) is 13.1 Å². The summed E-state index contributed by atoms with van der Waals surface area (Å²) in [6.07, 6.45) is 1.17. The number of aliphatic carboxylic acids is 1. The van der Waals surface area contributed by atoms with Crippen molar-refractivity contribution in [3.8, 4) is 0 Å². The van der Waals surface area contributed by atoms with E-state index in [0.717, 1.165) is 11.3 Å². The van der Waals surface area contributed by atoms with Crippen molar-refractivity contribution in [3.05, 3.63) is 17.5 Å². The maximum atomic E-state index is 14.1. The highest BCUT2D eigenvalue weighted by atomic mass is 19.3. The minimum Gasteiger partial charge on any atom is -0.481 e. The number of nitrogens with zero attached hydrogens (tertiary/aromatic N) is 2. The highest BCUT2D eigenvalue weighted by molar-refractivity contribution is 5.67. The van der Waals surface area contributed by atoms with E-state index in [2.05, 4.69) is 31.0 Å². The molecule has 2 heterocycles. The van der Waals surface area contributed by atoms with E-state index in [1.165, 1.54) is 0 Å². The fourth-order valence-electron chi connectivity index (χ4n) is 3.11. The molecule has 1 aromatic rings. The van der Waals surface area contributed by atoms with Crippen LogP contribution < -0.4 is 0 Å². The molecule has 1 aromatic heterocycles. The Labute approximate surface area is 135 Å². The minimum atomic E-state index is -2.92. The van der Waals surface area contributed by atoms with E-state index in [4.69, 9.17) is 5.11 Å². The maximum Gasteiger partial charge on any atom is 0.303 e. The first-order valence-electron chi connectivity index (χ1n) is 7.94. The molecule has 1 saturated heterocycles. The molecule has 130 valence electrons. The lowest BCUT2D eigenvalue weighted by Crippen LogP contribution is -2.30. The average molecular weight is 329 g/mol. The Kier molecular flexibility index (Phi) is 5.08. The van der Waals surface area contributed by atoms with Crippen LogP contribution in [0.1, 0.15) is 51.3 Å². The highest BCUT2D eigenvalue weighted by Crippen LogP contribution is 2.36. The normalized spacial score (nSPS) is 22.7. The molecular formula is C16H25F2N3O2. The van der Waals surface area contributed by atoms with Gasteiger partial charge in [-0.15, -0.1) is 0 Å². The number of hydrogen-bond acceptors (Lipinski definition) is 3. The van der Waals surface area contributed by atoms with Crippen molar-refractivity contribution in [3.63, 3.8) is 0 Å². The van der Waals surface area contributed by atoms with Crippen LogP contribution in [0, 0.1) is 5.92 Å². The van der Waals surface area contributed by atoms with Crippen molar-refractivity contribution in [1.29, 1.82) is 0 Å². The molecule has 0 bridgehead atoms. The first-order valence-corrected chi connectivity index (χ1v) is 7.94. The van der Waals surface area contributed by atoms with Gasteiger partial charge in [0.05, 0.1) is 12.6 Å². The van der Waals surface area contributed by atoms with Crippen molar-refractivity contribution >= 4 is 5.97 Å². The van der Waals surface area contributed by atoms with Crippen LogP contribution in [-0.2, 0) is 16.8 Å². The number of aromatic amines is 1. The van der Waals surface area contributed by atoms with Gasteiger partial charge in [-0.1, -0.05) is 20.8 Å². The standard InChI is InChI=1S/C16H25F2N3O2/c1-15(2,3)14-11(9-19-20-14)10-21-6-4-12(8-13(22)23)16(17,18)5-7-21/h9,12H,4-8,10H2,1-3H3,(H,19,20)(H,22,23). The summed E-state index contributed by atoms with van der Waals surface area (Å²) < 4.78 is 28.2. The molecule has 0 radical (unpaired) electrons. The van der Waals surface area contributed by atoms with Gasteiger partial charge in [0.1, 0.15) is 0 Å².